The lowest BCUT2D eigenvalue weighted by molar-refractivity contribution is -0.136. The molecule has 3 aromatic carbocycles. The minimum absolute atomic E-state index is 0.286. The summed E-state index contributed by atoms with van der Waals surface area (Å²) in [4.78, 5) is 36.2. The number of hydrogen-bond acceptors (Lipinski definition) is 6. The van der Waals surface area contributed by atoms with Gasteiger partial charge in [-0.1, -0.05) is 35.9 Å². The second-order valence-electron chi connectivity index (χ2n) is 6.32. The first-order valence-corrected chi connectivity index (χ1v) is 9.69. The Kier molecular flexibility index (Phi) is 7.55. The van der Waals surface area contributed by atoms with E-state index in [0.29, 0.717) is 27.6 Å². The zero-order chi connectivity index (χ0) is 22.9. The van der Waals surface area contributed by atoms with Gasteiger partial charge in [0.25, 0.3) is 0 Å². The molecule has 0 radical (unpaired) electrons. The number of benzene rings is 3. The number of para-hydroxylation sites is 2. The number of nitrogens with one attached hydrogen (secondary N) is 2. The molecule has 0 saturated heterocycles. The molecule has 32 heavy (non-hydrogen) atoms. The predicted molar refractivity (Wildman–Crippen MR) is 120 cm³/mol. The van der Waals surface area contributed by atoms with Crippen molar-refractivity contribution in [3.63, 3.8) is 0 Å². The van der Waals surface area contributed by atoms with Crippen molar-refractivity contribution in [3.05, 3.63) is 88.9 Å². The van der Waals surface area contributed by atoms with Crippen molar-refractivity contribution in [2.24, 2.45) is 5.10 Å². The second kappa shape index (κ2) is 10.7. The molecule has 0 aromatic heterocycles. The number of halogens is 1. The average Bonchev–Trinajstić information content (AvgIpc) is 2.80. The number of carbonyl (C=O) groups is 3. The number of methoxy groups -OCH3 is 1. The molecule has 9 heteroatoms. The van der Waals surface area contributed by atoms with Gasteiger partial charge in [-0.2, -0.15) is 5.10 Å². The van der Waals surface area contributed by atoms with Crippen LogP contribution in [0.2, 0.25) is 5.02 Å². The lowest BCUT2D eigenvalue weighted by Crippen LogP contribution is -2.32. The molecule has 2 amide bonds. The van der Waals surface area contributed by atoms with Gasteiger partial charge >= 0.3 is 17.8 Å². The standard InChI is InChI=1S/C23H18ClN3O5/c1-31-20-8-3-2-7-19(20)26-21(28)22(29)27-25-14-15-5-4-6-18(13-15)32-23(30)16-9-11-17(24)12-10-16/h2-14H,1H3,(H,26,28)(H,27,29)/b25-14+. The Hall–Kier alpha value is -4.17. The van der Waals surface area contributed by atoms with Crippen LogP contribution >= 0.6 is 11.6 Å². The summed E-state index contributed by atoms with van der Waals surface area (Å²) in [7, 11) is 1.45. The first kappa shape index (κ1) is 22.5. The number of hydrogen-bond donors (Lipinski definition) is 2. The number of ether oxygens (including phenoxy) is 2. The molecule has 0 spiro atoms. The molecule has 3 rings (SSSR count). The summed E-state index contributed by atoms with van der Waals surface area (Å²) >= 11 is 5.81. The van der Waals surface area contributed by atoms with Gasteiger partial charge in [0.15, 0.2) is 0 Å². The molecular weight excluding hydrogens is 434 g/mol. The molecule has 0 unspecified atom stereocenters. The van der Waals surface area contributed by atoms with Gasteiger partial charge in [-0.15, -0.1) is 0 Å². The van der Waals surface area contributed by atoms with Crippen molar-refractivity contribution in [2.45, 2.75) is 0 Å². The van der Waals surface area contributed by atoms with Gasteiger partial charge < -0.3 is 14.8 Å². The van der Waals surface area contributed by atoms with Crippen molar-refractivity contribution in [1.29, 1.82) is 0 Å². The number of esters is 1. The molecule has 0 bridgehead atoms. The number of carbonyl (C=O) groups excluding carboxylic acids is 3. The Morgan fingerprint density at radius 1 is 0.938 bits per heavy atom. The lowest BCUT2D eigenvalue weighted by atomic mass is 10.2. The van der Waals surface area contributed by atoms with Gasteiger partial charge in [-0.05, 0) is 54.1 Å². The van der Waals surface area contributed by atoms with E-state index >= 15 is 0 Å². The molecule has 2 N–H and O–H groups in total. The molecule has 0 saturated carbocycles. The van der Waals surface area contributed by atoms with E-state index < -0.39 is 17.8 Å². The highest BCUT2D eigenvalue weighted by Gasteiger charge is 2.15. The number of anilines is 1. The van der Waals surface area contributed by atoms with Crippen LogP contribution < -0.4 is 20.2 Å². The molecule has 8 nitrogen and oxygen atoms in total. The third kappa shape index (κ3) is 6.16. The fraction of sp³-hybridized carbons (Fsp3) is 0.0435. The van der Waals surface area contributed by atoms with Crippen LogP contribution in [0.15, 0.2) is 77.9 Å². The van der Waals surface area contributed by atoms with Gasteiger partial charge in [0.2, 0.25) is 0 Å². The van der Waals surface area contributed by atoms with Crippen LogP contribution in [0.3, 0.4) is 0 Å². The third-order valence-electron chi connectivity index (χ3n) is 4.09. The van der Waals surface area contributed by atoms with Gasteiger partial charge in [-0.25, -0.2) is 10.2 Å². The van der Waals surface area contributed by atoms with Crippen LogP contribution in [-0.4, -0.2) is 31.1 Å². The maximum absolute atomic E-state index is 12.2. The fourth-order valence-corrected chi connectivity index (χ4v) is 2.68. The Bertz CT molecular complexity index is 1160. The molecule has 0 fully saturated rings. The highest BCUT2D eigenvalue weighted by atomic mass is 35.5. The first-order valence-electron chi connectivity index (χ1n) is 9.31. The number of amides is 2. The van der Waals surface area contributed by atoms with Crippen LogP contribution in [0.1, 0.15) is 15.9 Å². The smallest absolute Gasteiger partial charge is 0.343 e. The number of rotatable bonds is 6. The quantitative estimate of drug-likeness (QED) is 0.195. The Morgan fingerprint density at radius 2 is 1.69 bits per heavy atom. The maximum Gasteiger partial charge on any atom is 0.343 e. The van der Waals surface area contributed by atoms with Crippen molar-refractivity contribution in [2.75, 3.05) is 12.4 Å². The summed E-state index contributed by atoms with van der Waals surface area (Å²) in [5, 5.41) is 6.72. The van der Waals surface area contributed by atoms with Gasteiger partial charge in [0.1, 0.15) is 11.5 Å². The average molecular weight is 452 g/mol. The maximum atomic E-state index is 12.2. The molecule has 0 atom stereocenters. The SMILES string of the molecule is COc1ccccc1NC(=O)C(=O)N/N=C/c1cccc(OC(=O)c2ccc(Cl)cc2)c1. The van der Waals surface area contributed by atoms with E-state index in [1.54, 1.807) is 72.8 Å². The summed E-state index contributed by atoms with van der Waals surface area (Å²) in [5.41, 5.74) is 3.38. The lowest BCUT2D eigenvalue weighted by Gasteiger charge is -2.08. The molecule has 0 aliphatic rings. The summed E-state index contributed by atoms with van der Waals surface area (Å²) in [6.45, 7) is 0. The third-order valence-corrected chi connectivity index (χ3v) is 4.34. The topological polar surface area (TPSA) is 106 Å². The van der Waals surface area contributed by atoms with Crippen LogP contribution in [0.4, 0.5) is 5.69 Å². The summed E-state index contributed by atoms with van der Waals surface area (Å²) in [6.07, 6.45) is 1.31. The molecule has 0 aliphatic heterocycles. The molecule has 162 valence electrons. The highest BCUT2D eigenvalue weighted by Crippen LogP contribution is 2.22. The van der Waals surface area contributed by atoms with E-state index in [-0.39, 0.29) is 5.75 Å². The van der Waals surface area contributed by atoms with Gasteiger partial charge in [0.05, 0.1) is 24.6 Å². The van der Waals surface area contributed by atoms with Crippen molar-refractivity contribution in [1.82, 2.24) is 5.43 Å². The molecule has 0 heterocycles. The van der Waals surface area contributed by atoms with Crippen LogP contribution in [0, 0.1) is 0 Å². The normalized spacial score (nSPS) is 10.4. The van der Waals surface area contributed by atoms with E-state index in [4.69, 9.17) is 21.1 Å². The van der Waals surface area contributed by atoms with E-state index in [0.717, 1.165) is 0 Å². The monoisotopic (exact) mass is 451 g/mol. The van der Waals surface area contributed by atoms with Gasteiger partial charge in [0, 0.05) is 5.02 Å². The molecular formula is C23H18ClN3O5. The number of nitrogens with zero attached hydrogens (tertiary/aromatic N) is 1. The minimum atomic E-state index is -0.961. The zero-order valence-corrected chi connectivity index (χ0v) is 17.6. The largest absolute Gasteiger partial charge is 0.495 e. The Morgan fingerprint density at radius 3 is 2.44 bits per heavy atom. The Balaban J connectivity index is 1.57. The summed E-state index contributed by atoms with van der Waals surface area (Å²) in [5.74, 6) is -1.71. The van der Waals surface area contributed by atoms with Gasteiger partial charge in [-0.3, -0.25) is 9.59 Å². The van der Waals surface area contributed by atoms with Crippen LogP contribution in [-0.2, 0) is 9.59 Å². The fourth-order valence-electron chi connectivity index (χ4n) is 2.55. The zero-order valence-electron chi connectivity index (χ0n) is 16.9. The van der Waals surface area contributed by atoms with E-state index in [2.05, 4.69) is 15.8 Å². The Labute approximate surface area is 188 Å². The van der Waals surface area contributed by atoms with Crippen molar-refractivity contribution >= 4 is 41.3 Å². The van der Waals surface area contributed by atoms with Crippen molar-refractivity contribution < 1.29 is 23.9 Å². The minimum Gasteiger partial charge on any atom is -0.495 e. The highest BCUT2D eigenvalue weighted by molar-refractivity contribution is 6.39. The van der Waals surface area contributed by atoms with E-state index in [9.17, 15) is 14.4 Å². The summed E-state index contributed by atoms with van der Waals surface area (Å²) < 4.78 is 10.4. The first-order chi connectivity index (χ1) is 15.5. The van der Waals surface area contributed by atoms with Crippen LogP contribution in [0.25, 0.3) is 0 Å². The molecule has 3 aromatic rings. The van der Waals surface area contributed by atoms with E-state index in [1.165, 1.54) is 13.3 Å². The second-order valence-corrected chi connectivity index (χ2v) is 6.76. The predicted octanol–water partition coefficient (Wildman–Crippen LogP) is 3.66. The van der Waals surface area contributed by atoms with Crippen LogP contribution in [0.5, 0.6) is 11.5 Å². The summed E-state index contributed by atoms with van der Waals surface area (Å²) in [6, 6.07) is 19.5. The van der Waals surface area contributed by atoms with E-state index in [1.807, 2.05) is 0 Å². The van der Waals surface area contributed by atoms with Crippen molar-refractivity contribution in [3.8, 4) is 11.5 Å². The molecule has 0 aliphatic carbocycles. The number of hydrazone groups is 1.